The van der Waals surface area contributed by atoms with E-state index in [1.807, 2.05) is 0 Å². The molecule has 0 spiro atoms. The van der Waals surface area contributed by atoms with Crippen LogP contribution in [0.1, 0.15) is 0 Å². The summed E-state index contributed by atoms with van der Waals surface area (Å²) in [5, 5.41) is 0. The Bertz CT molecular complexity index is 76.9. The van der Waals surface area contributed by atoms with Gasteiger partial charge >= 0.3 is 0 Å². The Morgan fingerprint density at radius 3 is 2.38 bits per heavy atom. The second kappa shape index (κ2) is 3.78. The first-order valence-electron chi connectivity index (χ1n) is 1.97. The quantitative estimate of drug-likeness (QED) is 0.400. The van der Waals surface area contributed by atoms with Crippen molar-refractivity contribution in [3.63, 3.8) is 0 Å². The highest BCUT2D eigenvalue weighted by Crippen LogP contribution is 2.21. The van der Waals surface area contributed by atoms with Gasteiger partial charge in [-0.1, -0.05) is 0 Å². The highest BCUT2D eigenvalue weighted by atomic mass is 31.2. The Balaban J connectivity index is 3.23. The third-order valence-electron chi connectivity index (χ3n) is 0.530. The number of hydrogen-bond donors (Lipinski definition) is 2. The second-order valence-electron chi connectivity index (χ2n) is 1.38. The zero-order chi connectivity index (χ0) is 6.57. The van der Waals surface area contributed by atoms with Gasteiger partial charge in [0.05, 0.1) is 6.29 Å². The molecule has 0 bridgehead atoms. The van der Waals surface area contributed by atoms with Gasteiger partial charge in [0.2, 0.25) is 6.41 Å². The smallest absolute Gasteiger partial charge is 0.209 e. The number of hydrogen-bond acceptors (Lipinski definition) is 3. The van der Waals surface area contributed by atoms with E-state index in [9.17, 15) is 4.79 Å². The Morgan fingerprint density at radius 2 is 2.25 bits per heavy atom. The van der Waals surface area contributed by atoms with Crippen LogP contribution in [0.25, 0.3) is 0 Å². The molecule has 0 fully saturated rings. The topological polar surface area (TPSA) is 60.8 Å². The summed E-state index contributed by atoms with van der Waals surface area (Å²) in [7, 11) is -0.470. The fourth-order valence-electron chi connectivity index (χ4n) is 0.233. The van der Waals surface area contributed by atoms with Crippen molar-refractivity contribution in [1.29, 1.82) is 0 Å². The van der Waals surface area contributed by atoms with E-state index in [1.165, 1.54) is 11.9 Å². The first kappa shape index (κ1) is 7.82. The van der Waals surface area contributed by atoms with Gasteiger partial charge in [0.1, 0.15) is 0 Å². The average Bonchev–Trinajstić information content (AvgIpc) is 1.65. The number of rotatable bonds is 3. The summed E-state index contributed by atoms with van der Waals surface area (Å²) in [5.74, 6) is 0. The molecule has 0 aliphatic heterocycles. The van der Waals surface area contributed by atoms with Gasteiger partial charge in [0.15, 0.2) is 8.38 Å². The zero-order valence-electron chi connectivity index (χ0n) is 4.48. The Hall–Kier alpha value is -0.180. The van der Waals surface area contributed by atoms with Crippen LogP contribution in [0, 0.1) is 0 Å². The van der Waals surface area contributed by atoms with E-state index >= 15 is 0 Å². The molecule has 0 saturated carbocycles. The van der Waals surface area contributed by atoms with E-state index in [0.717, 1.165) is 0 Å². The maximum absolute atomic E-state index is 9.75. The van der Waals surface area contributed by atoms with E-state index in [-0.39, 0.29) is 6.29 Å². The fraction of sp³-hybridized carbons (Fsp3) is 0.667. The second-order valence-corrected chi connectivity index (χ2v) is 2.40. The highest BCUT2D eigenvalue weighted by Gasteiger charge is 1.99. The molecule has 8 heavy (non-hydrogen) atoms. The summed E-state index contributed by atoms with van der Waals surface area (Å²) in [6.07, 6.45) is 0.570. The average molecular weight is 137 g/mol. The first-order valence-corrected chi connectivity index (χ1v) is 3.41. The molecule has 0 aromatic rings. The molecule has 4 nitrogen and oxygen atoms in total. The van der Waals surface area contributed by atoms with Crippen molar-refractivity contribution in [3.05, 3.63) is 0 Å². The standard InChI is InChI=1S/C3H8NO3P/c1-4(2-5)3-8(6)7/h2,6-7H,3H2,1H3. The Kier molecular flexibility index (Phi) is 3.69. The normalized spacial score (nSPS) is 9.50. The molecule has 5 heteroatoms. The van der Waals surface area contributed by atoms with Crippen LogP contribution in [0.3, 0.4) is 0 Å². The van der Waals surface area contributed by atoms with E-state index in [1.54, 1.807) is 0 Å². The third-order valence-corrected chi connectivity index (χ3v) is 1.23. The maximum Gasteiger partial charge on any atom is 0.209 e. The van der Waals surface area contributed by atoms with Gasteiger partial charge in [0, 0.05) is 7.05 Å². The van der Waals surface area contributed by atoms with Crippen LogP contribution in [-0.4, -0.2) is 34.4 Å². The van der Waals surface area contributed by atoms with E-state index < -0.39 is 8.38 Å². The minimum absolute atomic E-state index is 0.0266. The van der Waals surface area contributed by atoms with Gasteiger partial charge in [-0.3, -0.25) is 4.79 Å². The molecule has 0 aromatic carbocycles. The predicted molar refractivity (Wildman–Crippen MR) is 30.1 cm³/mol. The van der Waals surface area contributed by atoms with Crippen molar-refractivity contribution in [1.82, 2.24) is 4.90 Å². The first-order chi connectivity index (χ1) is 3.66. The summed E-state index contributed by atoms with van der Waals surface area (Å²) in [5.41, 5.74) is 0. The van der Waals surface area contributed by atoms with Crippen LogP contribution < -0.4 is 0 Å². The number of nitrogens with zero attached hydrogens (tertiary/aromatic N) is 1. The van der Waals surface area contributed by atoms with E-state index in [0.29, 0.717) is 6.41 Å². The highest BCUT2D eigenvalue weighted by molar-refractivity contribution is 7.45. The van der Waals surface area contributed by atoms with Gasteiger partial charge in [-0.25, -0.2) is 0 Å². The van der Waals surface area contributed by atoms with E-state index in [4.69, 9.17) is 9.79 Å². The largest absolute Gasteiger partial charge is 0.349 e. The third kappa shape index (κ3) is 3.99. The van der Waals surface area contributed by atoms with Crippen molar-refractivity contribution in [2.45, 2.75) is 0 Å². The lowest BCUT2D eigenvalue weighted by molar-refractivity contribution is -0.116. The lowest BCUT2D eigenvalue weighted by Gasteiger charge is -2.09. The summed E-state index contributed by atoms with van der Waals surface area (Å²) < 4.78 is 0. The van der Waals surface area contributed by atoms with Crippen LogP contribution in [-0.2, 0) is 4.79 Å². The molecule has 2 N–H and O–H groups in total. The zero-order valence-corrected chi connectivity index (χ0v) is 5.38. The molecule has 0 unspecified atom stereocenters. The van der Waals surface area contributed by atoms with Crippen LogP contribution in [0.4, 0.5) is 0 Å². The molecule has 0 aliphatic rings. The predicted octanol–water partition coefficient (Wildman–Crippen LogP) is -0.671. The van der Waals surface area contributed by atoms with Crippen molar-refractivity contribution in [2.24, 2.45) is 0 Å². The van der Waals surface area contributed by atoms with Gasteiger partial charge in [-0.15, -0.1) is 0 Å². The Labute approximate surface area is 48.7 Å². The summed E-state index contributed by atoms with van der Waals surface area (Å²) in [6, 6.07) is 0. The molecule has 0 radical (unpaired) electrons. The summed E-state index contributed by atoms with van der Waals surface area (Å²) in [4.78, 5) is 27.5. The molecule has 1 amide bonds. The van der Waals surface area contributed by atoms with Crippen LogP contribution in [0.2, 0.25) is 0 Å². The van der Waals surface area contributed by atoms with Crippen molar-refractivity contribution >= 4 is 14.8 Å². The van der Waals surface area contributed by atoms with Gasteiger partial charge in [0.25, 0.3) is 0 Å². The molecule has 0 atom stereocenters. The SMILES string of the molecule is CN(C=O)CP(O)O. The molecule has 0 rings (SSSR count). The lowest BCUT2D eigenvalue weighted by Crippen LogP contribution is -2.15. The van der Waals surface area contributed by atoms with E-state index in [2.05, 4.69) is 0 Å². The molecule has 48 valence electrons. The molecular formula is C3H8NO3P. The number of amides is 1. The fourth-order valence-corrected chi connectivity index (χ4v) is 0.699. The summed E-state index contributed by atoms with van der Waals surface area (Å²) >= 11 is 0. The van der Waals surface area contributed by atoms with Crippen LogP contribution in [0.5, 0.6) is 0 Å². The molecule has 0 aliphatic carbocycles. The van der Waals surface area contributed by atoms with Crippen LogP contribution in [0.15, 0.2) is 0 Å². The maximum atomic E-state index is 9.75. The van der Waals surface area contributed by atoms with Crippen molar-refractivity contribution in [3.8, 4) is 0 Å². The summed E-state index contributed by atoms with van der Waals surface area (Å²) in [6.45, 7) is 0. The van der Waals surface area contributed by atoms with Crippen molar-refractivity contribution < 1.29 is 14.6 Å². The molecule has 0 heterocycles. The minimum Gasteiger partial charge on any atom is -0.349 e. The Morgan fingerprint density at radius 1 is 1.75 bits per heavy atom. The molecular weight excluding hydrogens is 129 g/mol. The monoisotopic (exact) mass is 137 g/mol. The number of carbonyl (C=O) groups is 1. The minimum atomic E-state index is -1.95. The van der Waals surface area contributed by atoms with Crippen molar-refractivity contribution in [2.75, 3.05) is 13.3 Å². The number of carbonyl (C=O) groups excluding carboxylic acids is 1. The van der Waals surface area contributed by atoms with Gasteiger partial charge in [-0.05, 0) is 0 Å². The van der Waals surface area contributed by atoms with Crippen LogP contribution >= 0.6 is 8.38 Å². The van der Waals surface area contributed by atoms with Gasteiger partial charge < -0.3 is 14.7 Å². The lowest BCUT2D eigenvalue weighted by atomic mass is 11.0. The molecule has 0 aromatic heterocycles. The van der Waals surface area contributed by atoms with Gasteiger partial charge in [-0.2, -0.15) is 0 Å². The molecule has 0 saturated heterocycles.